The number of carbonyl (C=O) groups is 1. The van der Waals surface area contributed by atoms with Gasteiger partial charge >= 0.3 is 0 Å². The third kappa shape index (κ3) is 8.17. The minimum atomic E-state index is -2.28. The van der Waals surface area contributed by atoms with Gasteiger partial charge in [0.15, 0.2) is 0 Å². The number of hydrogen-bond acceptors (Lipinski definition) is 9. The number of methoxy groups -OCH3 is 1. The molecule has 2 N–H and O–H groups in total. The molecule has 0 saturated heterocycles. The molecule has 0 bridgehead atoms. The Kier molecular flexibility index (Phi) is 9.24. The summed E-state index contributed by atoms with van der Waals surface area (Å²) in [5.41, 5.74) is 2.85. The molecule has 0 fully saturated rings. The third-order valence-electron chi connectivity index (χ3n) is 5.84. The van der Waals surface area contributed by atoms with E-state index in [0.717, 1.165) is 10.6 Å². The van der Waals surface area contributed by atoms with E-state index in [1.54, 1.807) is 43.6 Å². The van der Waals surface area contributed by atoms with Crippen LogP contribution in [0.2, 0.25) is 5.02 Å². The summed E-state index contributed by atoms with van der Waals surface area (Å²) in [7, 11) is 2.98. The maximum Gasteiger partial charge on any atom is 0.248 e. The van der Waals surface area contributed by atoms with E-state index in [1.807, 2.05) is 18.2 Å². The van der Waals surface area contributed by atoms with E-state index in [9.17, 15) is 10.1 Å². The molecule has 0 atom stereocenters. The van der Waals surface area contributed by atoms with Crippen LogP contribution >= 0.6 is 11.6 Å². The van der Waals surface area contributed by atoms with Crippen molar-refractivity contribution in [2.45, 2.75) is 6.61 Å². The van der Waals surface area contributed by atoms with Crippen LogP contribution in [0.1, 0.15) is 15.4 Å². The number of nitrogens with one attached hydrogen (secondary N) is 2. The van der Waals surface area contributed by atoms with Gasteiger partial charge in [0, 0.05) is 53.4 Å². The second kappa shape index (κ2) is 14.8. The molecule has 10 nitrogen and oxygen atoms in total. The predicted molar refractivity (Wildman–Crippen MR) is 163 cm³/mol. The Labute approximate surface area is 253 Å². The summed E-state index contributed by atoms with van der Waals surface area (Å²) in [6, 6.07) is 16.2. The first kappa shape index (κ1) is 26.2. The Morgan fingerprint density at radius 3 is 2.79 bits per heavy atom. The molecule has 2 aromatic heterocycles. The number of amides is 1. The summed E-state index contributed by atoms with van der Waals surface area (Å²) in [5.74, 6) is 0.298. The highest BCUT2D eigenvalue weighted by atomic mass is 35.5. The van der Waals surface area contributed by atoms with E-state index in [0.29, 0.717) is 51.1 Å². The van der Waals surface area contributed by atoms with Crippen LogP contribution < -0.4 is 20.1 Å². The number of likely N-dealkylation sites (N-methyl/N-ethyl adjacent to an activating group) is 1. The number of anilines is 3. The lowest BCUT2D eigenvalue weighted by Crippen LogP contribution is -2.14. The fourth-order valence-corrected chi connectivity index (χ4v) is 4.09. The Bertz CT molecular complexity index is 1710. The van der Waals surface area contributed by atoms with Crippen LogP contribution in [0.15, 0.2) is 73.1 Å². The van der Waals surface area contributed by atoms with Gasteiger partial charge in [-0.2, -0.15) is 5.26 Å². The SMILES string of the molecule is [2H]C([2H])([2H])N(C)CC=CC(=O)Nc1cc2c(Nc3ccc(OCc4ccccn4)c(Cl)c3)c(C#N)cnc2cc1OCCOC. The molecule has 0 unspecified atom stereocenters. The molecule has 0 aliphatic rings. The Morgan fingerprint density at radius 2 is 2.05 bits per heavy atom. The van der Waals surface area contributed by atoms with E-state index in [-0.39, 0.29) is 25.3 Å². The third-order valence-corrected chi connectivity index (χ3v) is 6.14. The fourth-order valence-electron chi connectivity index (χ4n) is 3.86. The molecule has 2 aromatic carbocycles. The van der Waals surface area contributed by atoms with Crippen molar-refractivity contribution >= 4 is 45.5 Å². The molecule has 11 heteroatoms. The standard InChI is InChI=1S/C31H31ClN6O4/c1-38(2)12-6-8-30(39)37-27-16-24-26(17-29(27)41-14-13-40-3)35-19-21(18-33)31(24)36-22-9-10-28(25(32)15-22)42-20-23-7-4-5-11-34-23/h4-11,15-17,19H,12-14,20H2,1-3H3,(H,35,36)(H,37,39)/i1D3. The van der Waals surface area contributed by atoms with E-state index in [1.165, 1.54) is 25.4 Å². The Hall–Kier alpha value is -4.69. The van der Waals surface area contributed by atoms with E-state index in [4.69, 9.17) is 29.9 Å². The van der Waals surface area contributed by atoms with Crippen molar-refractivity contribution in [3.8, 4) is 17.6 Å². The minimum Gasteiger partial charge on any atom is -0.489 e. The van der Waals surface area contributed by atoms with Crippen LogP contribution in [0, 0.1) is 11.3 Å². The van der Waals surface area contributed by atoms with Crippen LogP contribution in [-0.4, -0.2) is 61.7 Å². The van der Waals surface area contributed by atoms with Crippen molar-refractivity contribution in [2.75, 3.05) is 51.5 Å². The van der Waals surface area contributed by atoms with Gasteiger partial charge in [-0.1, -0.05) is 23.7 Å². The molecule has 1 amide bonds. The summed E-state index contributed by atoms with van der Waals surface area (Å²) in [4.78, 5) is 22.6. The van der Waals surface area contributed by atoms with Crippen molar-refractivity contribution < 1.29 is 23.1 Å². The first-order valence-electron chi connectivity index (χ1n) is 14.4. The lowest BCUT2D eigenvalue weighted by molar-refractivity contribution is -0.111. The van der Waals surface area contributed by atoms with Crippen molar-refractivity contribution in [3.63, 3.8) is 0 Å². The number of carbonyl (C=O) groups excluding carboxylic acids is 1. The number of halogens is 1. The van der Waals surface area contributed by atoms with Crippen LogP contribution in [0.3, 0.4) is 0 Å². The largest absolute Gasteiger partial charge is 0.489 e. The average Bonchev–Trinajstić information content (AvgIpc) is 3.01. The number of aromatic nitrogens is 2. The van der Waals surface area contributed by atoms with Gasteiger partial charge in [-0.3, -0.25) is 14.8 Å². The van der Waals surface area contributed by atoms with Crippen LogP contribution in [0.5, 0.6) is 11.5 Å². The molecule has 2 heterocycles. The fraction of sp³-hybridized carbons (Fsp3) is 0.226. The van der Waals surface area contributed by atoms with Gasteiger partial charge in [0.1, 0.15) is 30.8 Å². The lowest BCUT2D eigenvalue weighted by atomic mass is 10.1. The highest BCUT2D eigenvalue weighted by molar-refractivity contribution is 6.32. The molecule has 0 aliphatic heterocycles. The summed E-state index contributed by atoms with van der Waals surface area (Å²) >= 11 is 6.53. The van der Waals surface area contributed by atoms with Gasteiger partial charge in [0.25, 0.3) is 0 Å². The highest BCUT2D eigenvalue weighted by Gasteiger charge is 2.16. The van der Waals surface area contributed by atoms with Crippen LogP contribution in [0.4, 0.5) is 17.1 Å². The second-order valence-corrected chi connectivity index (χ2v) is 9.42. The van der Waals surface area contributed by atoms with E-state index >= 15 is 0 Å². The minimum absolute atomic E-state index is 0.0396. The van der Waals surface area contributed by atoms with Crippen molar-refractivity contribution in [1.29, 1.82) is 5.26 Å². The van der Waals surface area contributed by atoms with Crippen molar-refractivity contribution in [1.82, 2.24) is 14.9 Å². The molecule has 0 radical (unpaired) electrons. The zero-order valence-corrected chi connectivity index (χ0v) is 23.8. The van der Waals surface area contributed by atoms with E-state index < -0.39 is 12.9 Å². The molecule has 4 rings (SSSR count). The van der Waals surface area contributed by atoms with E-state index in [2.05, 4.69) is 26.7 Å². The highest BCUT2D eigenvalue weighted by Crippen LogP contribution is 2.37. The summed E-state index contributed by atoms with van der Waals surface area (Å²) in [6.45, 7) is -1.48. The van der Waals surface area contributed by atoms with Crippen LogP contribution in [0.25, 0.3) is 10.9 Å². The number of fused-ring (bicyclic) bond motifs is 1. The van der Waals surface area contributed by atoms with Crippen LogP contribution in [-0.2, 0) is 16.1 Å². The smallest absolute Gasteiger partial charge is 0.248 e. The molecular formula is C31H31ClN6O4. The quantitative estimate of drug-likeness (QED) is 0.152. The zero-order valence-electron chi connectivity index (χ0n) is 26.1. The van der Waals surface area contributed by atoms with Gasteiger partial charge in [-0.25, -0.2) is 0 Å². The Balaban J connectivity index is 1.63. The predicted octanol–water partition coefficient (Wildman–Crippen LogP) is 5.56. The maximum atomic E-state index is 12.8. The van der Waals surface area contributed by atoms with Gasteiger partial charge in [0.2, 0.25) is 5.91 Å². The molecule has 4 aromatic rings. The number of ether oxygens (including phenoxy) is 3. The first-order valence-corrected chi connectivity index (χ1v) is 13.2. The lowest BCUT2D eigenvalue weighted by Gasteiger charge is -2.17. The first-order chi connectivity index (χ1) is 21.6. The molecule has 0 saturated carbocycles. The van der Waals surface area contributed by atoms with Crippen molar-refractivity contribution in [3.05, 3.63) is 89.4 Å². The summed E-state index contributed by atoms with van der Waals surface area (Å²) < 4.78 is 39.1. The Morgan fingerprint density at radius 1 is 1.17 bits per heavy atom. The molecular weight excluding hydrogens is 556 g/mol. The number of hydrogen-bond donors (Lipinski definition) is 2. The van der Waals surface area contributed by atoms with Gasteiger partial charge < -0.3 is 29.7 Å². The zero-order chi connectivity index (χ0) is 32.4. The normalized spacial score (nSPS) is 12.4. The molecule has 216 valence electrons. The topological polar surface area (TPSA) is 122 Å². The number of pyridine rings is 2. The van der Waals surface area contributed by atoms with Crippen molar-refractivity contribution in [2.24, 2.45) is 0 Å². The number of nitrogens with zero attached hydrogens (tertiary/aromatic N) is 4. The van der Waals surface area contributed by atoms with Gasteiger partial charge in [0.05, 0.1) is 39.8 Å². The number of benzene rings is 2. The summed E-state index contributed by atoms with van der Waals surface area (Å²) in [6.07, 6.45) is 5.82. The maximum absolute atomic E-state index is 12.8. The number of nitriles is 1. The molecule has 0 aliphatic carbocycles. The average molecular weight is 590 g/mol. The van der Waals surface area contributed by atoms with Gasteiger partial charge in [-0.05, 0) is 50.4 Å². The monoisotopic (exact) mass is 589 g/mol. The molecule has 0 spiro atoms. The van der Waals surface area contributed by atoms with Gasteiger partial charge in [-0.15, -0.1) is 0 Å². The number of rotatable bonds is 13. The second-order valence-electron chi connectivity index (χ2n) is 9.02. The molecule has 42 heavy (non-hydrogen) atoms. The summed E-state index contributed by atoms with van der Waals surface area (Å²) in [5, 5.41) is 16.8.